The third-order valence-electron chi connectivity index (χ3n) is 4.19. The van der Waals surface area contributed by atoms with Crippen molar-refractivity contribution in [2.75, 3.05) is 11.9 Å². The van der Waals surface area contributed by atoms with Crippen molar-refractivity contribution in [3.63, 3.8) is 0 Å². The number of nitrogens with one attached hydrogen (secondary N) is 2. The fourth-order valence-electron chi connectivity index (χ4n) is 2.88. The Bertz CT molecular complexity index is 822. The number of carbonyl (C=O) groups excluding carboxylic acids is 1. The van der Waals surface area contributed by atoms with Crippen LogP contribution in [0.15, 0.2) is 18.2 Å². The van der Waals surface area contributed by atoms with Crippen molar-refractivity contribution in [3.05, 3.63) is 50.4 Å². The molecule has 0 saturated carbocycles. The number of nitriles is 1. The number of fused-ring (bicyclic) bond motifs is 1. The van der Waals surface area contributed by atoms with Gasteiger partial charge in [0.1, 0.15) is 11.1 Å². The maximum atomic E-state index is 12.3. The lowest BCUT2D eigenvalue weighted by atomic mass is 10.0. The first-order valence-electron chi connectivity index (χ1n) is 7.89. The van der Waals surface area contributed by atoms with E-state index in [0.717, 1.165) is 46.1 Å². The molecule has 0 saturated heterocycles. The van der Waals surface area contributed by atoms with Crippen LogP contribution in [0.5, 0.6) is 0 Å². The van der Waals surface area contributed by atoms with E-state index in [1.54, 1.807) is 0 Å². The fourth-order valence-corrected chi connectivity index (χ4v) is 4.28. The van der Waals surface area contributed by atoms with Crippen LogP contribution in [-0.2, 0) is 24.2 Å². The van der Waals surface area contributed by atoms with E-state index in [2.05, 4.69) is 16.7 Å². The second kappa shape index (κ2) is 7.35. The maximum Gasteiger partial charge on any atom is 0.225 e. The molecule has 0 radical (unpaired) electrons. The molecular weight excluding hydrogens is 342 g/mol. The van der Waals surface area contributed by atoms with Crippen molar-refractivity contribution in [3.8, 4) is 6.07 Å². The minimum absolute atomic E-state index is 0.0874. The van der Waals surface area contributed by atoms with Crippen LogP contribution in [-0.4, -0.2) is 12.5 Å². The van der Waals surface area contributed by atoms with Gasteiger partial charge in [-0.2, -0.15) is 5.26 Å². The largest absolute Gasteiger partial charge is 0.317 e. The summed E-state index contributed by atoms with van der Waals surface area (Å²) in [6, 6.07) is 8.09. The van der Waals surface area contributed by atoms with Crippen molar-refractivity contribution in [2.24, 2.45) is 0 Å². The molecular formula is C18H18ClN3OS. The Labute approximate surface area is 150 Å². The number of thiophene rings is 1. The molecule has 1 aromatic carbocycles. The number of anilines is 1. The van der Waals surface area contributed by atoms with Crippen molar-refractivity contribution in [1.82, 2.24) is 5.32 Å². The zero-order valence-corrected chi connectivity index (χ0v) is 15.0. The predicted octanol–water partition coefficient (Wildman–Crippen LogP) is 3.80. The Balaban J connectivity index is 1.68. The SMILES string of the molecule is Cc1cccc(CCC(=O)Nc2sc3c(c2C#N)CCNC3)c1Cl. The standard InChI is InChI=1S/C18H18ClN3OS/c1-11-3-2-4-12(17(11)19)5-6-16(23)22-18-14(9-20)13-7-8-21-10-15(13)24-18/h2-4,21H,5-8,10H2,1H3,(H,22,23). The van der Waals surface area contributed by atoms with E-state index >= 15 is 0 Å². The monoisotopic (exact) mass is 359 g/mol. The Morgan fingerprint density at radius 3 is 3.12 bits per heavy atom. The second-order valence-corrected chi connectivity index (χ2v) is 7.33. The summed E-state index contributed by atoms with van der Waals surface area (Å²) in [5.41, 5.74) is 3.69. The number of hydrogen-bond acceptors (Lipinski definition) is 4. The Hall–Kier alpha value is -1.87. The summed E-state index contributed by atoms with van der Waals surface area (Å²) in [6.07, 6.45) is 1.76. The molecule has 0 unspecified atom stereocenters. The Morgan fingerprint density at radius 1 is 1.50 bits per heavy atom. The zero-order valence-electron chi connectivity index (χ0n) is 13.4. The molecule has 1 aliphatic rings. The highest BCUT2D eigenvalue weighted by Crippen LogP contribution is 2.35. The molecule has 1 aromatic heterocycles. The minimum atomic E-state index is -0.0874. The molecule has 1 amide bonds. The smallest absolute Gasteiger partial charge is 0.225 e. The lowest BCUT2D eigenvalue weighted by molar-refractivity contribution is -0.116. The Kier molecular flexibility index (Phi) is 5.20. The number of carbonyl (C=O) groups is 1. The number of aryl methyl sites for hydroxylation is 2. The molecule has 24 heavy (non-hydrogen) atoms. The molecule has 0 bridgehead atoms. The van der Waals surface area contributed by atoms with Crippen LogP contribution in [0.4, 0.5) is 5.00 Å². The minimum Gasteiger partial charge on any atom is -0.317 e. The van der Waals surface area contributed by atoms with Crippen LogP contribution >= 0.6 is 22.9 Å². The summed E-state index contributed by atoms with van der Waals surface area (Å²) in [7, 11) is 0. The van der Waals surface area contributed by atoms with Crippen molar-refractivity contribution < 1.29 is 4.79 Å². The van der Waals surface area contributed by atoms with E-state index in [-0.39, 0.29) is 5.91 Å². The van der Waals surface area contributed by atoms with Gasteiger partial charge in [-0.05, 0) is 43.0 Å². The molecule has 0 aliphatic carbocycles. The average molecular weight is 360 g/mol. The second-order valence-electron chi connectivity index (χ2n) is 5.84. The van der Waals surface area contributed by atoms with Gasteiger partial charge in [-0.25, -0.2) is 0 Å². The molecule has 0 spiro atoms. The van der Waals surface area contributed by atoms with Crippen LogP contribution in [0.3, 0.4) is 0 Å². The number of halogens is 1. The van der Waals surface area contributed by atoms with E-state index in [1.807, 2.05) is 25.1 Å². The van der Waals surface area contributed by atoms with Gasteiger partial charge in [0, 0.05) is 22.9 Å². The Morgan fingerprint density at radius 2 is 2.33 bits per heavy atom. The van der Waals surface area contributed by atoms with Gasteiger partial charge in [-0.15, -0.1) is 11.3 Å². The lowest BCUT2D eigenvalue weighted by Gasteiger charge is -2.11. The van der Waals surface area contributed by atoms with Gasteiger partial charge in [0.05, 0.1) is 5.56 Å². The van der Waals surface area contributed by atoms with Crippen LogP contribution in [0.2, 0.25) is 5.02 Å². The molecule has 2 heterocycles. The van der Waals surface area contributed by atoms with Crippen LogP contribution in [0, 0.1) is 18.3 Å². The van der Waals surface area contributed by atoms with Gasteiger partial charge in [0.25, 0.3) is 0 Å². The molecule has 3 rings (SSSR count). The molecule has 4 nitrogen and oxygen atoms in total. The number of benzene rings is 1. The lowest BCUT2D eigenvalue weighted by Crippen LogP contribution is -2.22. The van der Waals surface area contributed by atoms with Gasteiger partial charge >= 0.3 is 0 Å². The number of amides is 1. The molecule has 0 atom stereocenters. The number of rotatable bonds is 4. The molecule has 2 N–H and O–H groups in total. The predicted molar refractivity (Wildman–Crippen MR) is 97.6 cm³/mol. The van der Waals surface area contributed by atoms with Crippen molar-refractivity contribution >= 4 is 33.8 Å². The van der Waals surface area contributed by atoms with E-state index < -0.39 is 0 Å². The third kappa shape index (κ3) is 3.46. The van der Waals surface area contributed by atoms with E-state index in [4.69, 9.17) is 11.6 Å². The normalized spacial score (nSPS) is 13.2. The van der Waals surface area contributed by atoms with E-state index in [9.17, 15) is 10.1 Å². The van der Waals surface area contributed by atoms with Crippen LogP contribution in [0.1, 0.15) is 33.6 Å². The summed E-state index contributed by atoms with van der Waals surface area (Å²) in [5, 5.41) is 17.0. The van der Waals surface area contributed by atoms with E-state index in [1.165, 1.54) is 11.3 Å². The van der Waals surface area contributed by atoms with Gasteiger partial charge in [0.15, 0.2) is 0 Å². The van der Waals surface area contributed by atoms with Crippen LogP contribution < -0.4 is 10.6 Å². The highest BCUT2D eigenvalue weighted by Gasteiger charge is 2.21. The summed E-state index contributed by atoms with van der Waals surface area (Å²) in [4.78, 5) is 13.4. The highest BCUT2D eigenvalue weighted by atomic mass is 35.5. The number of nitrogens with zero attached hydrogens (tertiary/aromatic N) is 1. The first-order chi connectivity index (χ1) is 11.6. The molecule has 2 aromatic rings. The third-order valence-corrected chi connectivity index (χ3v) is 5.87. The molecule has 1 aliphatic heterocycles. The first kappa shape index (κ1) is 17.0. The first-order valence-corrected chi connectivity index (χ1v) is 9.08. The average Bonchev–Trinajstić information content (AvgIpc) is 2.93. The van der Waals surface area contributed by atoms with Gasteiger partial charge in [0.2, 0.25) is 5.91 Å². The molecule has 6 heteroatoms. The van der Waals surface area contributed by atoms with Crippen LogP contribution in [0.25, 0.3) is 0 Å². The summed E-state index contributed by atoms with van der Waals surface area (Å²) < 4.78 is 0. The van der Waals surface area contributed by atoms with Gasteiger partial charge in [-0.1, -0.05) is 29.8 Å². The fraction of sp³-hybridized carbons (Fsp3) is 0.333. The summed E-state index contributed by atoms with van der Waals surface area (Å²) in [6.45, 7) is 3.59. The van der Waals surface area contributed by atoms with Crippen molar-refractivity contribution in [2.45, 2.75) is 32.7 Å². The summed E-state index contributed by atoms with van der Waals surface area (Å²) >= 11 is 7.77. The van der Waals surface area contributed by atoms with Gasteiger partial charge < -0.3 is 10.6 Å². The topological polar surface area (TPSA) is 64.9 Å². The zero-order chi connectivity index (χ0) is 17.1. The quantitative estimate of drug-likeness (QED) is 0.872. The van der Waals surface area contributed by atoms with E-state index in [0.29, 0.717) is 23.4 Å². The number of hydrogen-bond donors (Lipinski definition) is 2. The summed E-state index contributed by atoms with van der Waals surface area (Å²) in [5.74, 6) is -0.0874. The molecule has 0 fully saturated rings. The van der Waals surface area contributed by atoms with Gasteiger partial charge in [-0.3, -0.25) is 4.79 Å². The van der Waals surface area contributed by atoms with Crippen molar-refractivity contribution in [1.29, 1.82) is 5.26 Å². The molecule has 124 valence electrons. The maximum absolute atomic E-state index is 12.3. The highest BCUT2D eigenvalue weighted by molar-refractivity contribution is 7.16.